The third-order valence-corrected chi connectivity index (χ3v) is 7.16. The molecule has 0 spiro atoms. The molecule has 0 aliphatic carbocycles. The molecule has 23 heavy (non-hydrogen) atoms. The van der Waals surface area contributed by atoms with Gasteiger partial charge in [-0.2, -0.15) is 0 Å². The molecule has 0 unspecified atom stereocenters. The molecule has 0 fully saturated rings. The first-order chi connectivity index (χ1) is 10.8. The molecular weight excluding hydrogens is 372 g/mol. The molecule has 0 amide bonds. The average molecular weight is 385 g/mol. The summed E-state index contributed by atoms with van der Waals surface area (Å²) in [5, 5.41) is 3.34. The first-order valence-corrected chi connectivity index (χ1v) is 10.2. The molecule has 2 aromatic heterocycles. The molecule has 3 rings (SSSR count). The van der Waals surface area contributed by atoms with E-state index in [-0.39, 0.29) is 4.90 Å². The second kappa shape index (κ2) is 6.24. The van der Waals surface area contributed by atoms with Crippen LogP contribution in [0, 0.1) is 13.8 Å². The van der Waals surface area contributed by atoms with Gasteiger partial charge in [0, 0.05) is 26.7 Å². The minimum Gasteiger partial charge on any atom is -0.280 e. The Bertz CT molecular complexity index is 944. The van der Waals surface area contributed by atoms with Gasteiger partial charge in [-0.05, 0) is 44.2 Å². The quantitative estimate of drug-likeness (QED) is 0.692. The van der Waals surface area contributed by atoms with E-state index in [0.717, 1.165) is 20.5 Å². The monoisotopic (exact) mass is 384 g/mol. The number of thiophene rings is 1. The van der Waals surface area contributed by atoms with Crippen LogP contribution in [0.5, 0.6) is 0 Å². The molecule has 0 saturated carbocycles. The zero-order valence-corrected chi connectivity index (χ0v) is 15.5. The Morgan fingerprint density at radius 2 is 1.87 bits per heavy atom. The maximum Gasteiger partial charge on any atom is 0.263 e. The normalized spacial score (nSPS) is 11.6. The van der Waals surface area contributed by atoms with Gasteiger partial charge < -0.3 is 0 Å². The van der Waals surface area contributed by atoms with Gasteiger partial charge in [-0.15, -0.1) is 22.7 Å². The van der Waals surface area contributed by atoms with E-state index in [1.807, 2.05) is 12.3 Å². The number of nitrogens with one attached hydrogen (secondary N) is 1. The molecule has 0 saturated heterocycles. The molecule has 0 atom stereocenters. The first-order valence-electron chi connectivity index (χ1n) is 6.66. The summed E-state index contributed by atoms with van der Waals surface area (Å²) in [6.07, 6.45) is 0. The number of anilines is 1. The molecule has 0 radical (unpaired) electrons. The maximum atomic E-state index is 12.6. The van der Waals surface area contributed by atoms with E-state index in [2.05, 4.69) is 9.71 Å². The third kappa shape index (κ3) is 3.58. The van der Waals surface area contributed by atoms with E-state index >= 15 is 0 Å². The number of halogens is 1. The number of hydrogen-bond acceptors (Lipinski definition) is 5. The van der Waals surface area contributed by atoms with Crippen molar-refractivity contribution >= 4 is 50.0 Å². The molecular formula is C15H13ClN2O2S3. The topological polar surface area (TPSA) is 59.1 Å². The summed E-state index contributed by atoms with van der Waals surface area (Å²) < 4.78 is 27.8. The van der Waals surface area contributed by atoms with Crippen molar-refractivity contribution < 1.29 is 8.42 Å². The molecule has 0 bridgehead atoms. The van der Waals surface area contributed by atoms with Crippen molar-refractivity contribution in [3.63, 3.8) is 0 Å². The average Bonchev–Trinajstić information content (AvgIpc) is 3.07. The summed E-state index contributed by atoms with van der Waals surface area (Å²) in [5.41, 5.74) is 1.41. The second-order valence-electron chi connectivity index (χ2n) is 4.94. The van der Waals surface area contributed by atoms with Crippen molar-refractivity contribution in [2.45, 2.75) is 18.7 Å². The lowest BCUT2D eigenvalue weighted by Gasteiger charge is -2.07. The number of hydrogen-bond donors (Lipinski definition) is 1. The van der Waals surface area contributed by atoms with Crippen molar-refractivity contribution in [2.24, 2.45) is 0 Å². The van der Waals surface area contributed by atoms with Crippen LogP contribution in [-0.4, -0.2) is 13.4 Å². The van der Waals surface area contributed by atoms with Gasteiger partial charge in [-0.3, -0.25) is 4.72 Å². The van der Waals surface area contributed by atoms with Gasteiger partial charge in [0.1, 0.15) is 9.90 Å². The highest BCUT2D eigenvalue weighted by Crippen LogP contribution is 2.35. The van der Waals surface area contributed by atoms with Crippen molar-refractivity contribution in [3.8, 4) is 9.88 Å². The fourth-order valence-corrected chi connectivity index (χ4v) is 5.67. The molecule has 8 heteroatoms. The molecule has 1 aromatic carbocycles. The van der Waals surface area contributed by atoms with E-state index in [4.69, 9.17) is 11.6 Å². The maximum absolute atomic E-state index is 12.6. The minimum absolute atomic E-state index is 0.278. The van der Waals surface area contributed by atoms with Gasteiger partial charge >= 0.3 is 0 Å². The van der Waals surface area contributed by atoms with Crippen molar-refractivity contribution in [2.75, 3.05) is 4.72 Å². The van der Waals surface area contributed by atoms with E-state index in [0.29, 0.717) is 10.7 Å². The van der Waals surface area contributed by atoms with Crippen LogP contribution in [-0.2, 0) is 10.0 Å². The van der Waals surface area contributed by atoms with Crippen molar-refractivity contribution in [1.82, 2.24) is 4.98 Å². The Morgan fingerprint density at radius 3 is 2.48 bits per heavy atom. The summed E-state index contributed by atoms with van der Waals surface area (Å²) in [7, 11) is -3.64. The van der Waals surface area contributed by atoms with E-state index < -0.39 is 10.0 Å². The summed E-state index contributed by atoms with van der Waals surface area (Å²) >= 11 is 8.76. The molecule has 4 nitrogen and oxygen atoms in total. The summed E-state index contributed by atoms with van der Waals surface area (Å²) in [6.45, 7) is 3.71. The smallest absolute Gasteiger partial charge is 0.263 e. The Labute approximate surface area is 147 Å². The Balaban J connectivity index is 1.94. The van der Waals surface area contributed by atoms with Crippen LogP contribution in [0.4, 0.5) is 5.69 Å². The number of sulfonamides is 1. The molecule has 0 aliphatic heterocycles. The number of benzene rings is 1. The molecule has 120 valence electrons. The van der Waals surface area contributed by atoms with E-state index in [1.165, 1.54) is 22.7 Å². The van der Waals surface area contributed by atoms with Crippen LogP contribution in [0.2, 0.25) is 5.02 Å². The van der Waals surface area contributed by atoms with Gasteiger partial charge in [0.05, 0.1) is 4.88 Å². The van der Waals surface area contributed by atoms with E-state index in [1.54, 1.807) is 37.3 Å². The van der Waals surface area contributed by atoms with Crippen molar-refractivity contribution in [1.29, 1.82) is 0 Å². The Hall–Kier alpha value is -1.41. The minimum atomic E-state index is -3.64. The predicted octanol–water partition coefficient (Wildman–Crippen LogP) is 4.94. The predicted molar refractivity (Wildman–Crippen MR) is 97.2 cm³/mol. The highest BCUT2D eigenvalue weighted by atomic mass is 35.5. The van der Waals surface area contributed by atoms with Gasteiger partial charge in [0.15, 0.2) is 0 Å². The van der Waals surface area contributed by atoms with Crippen LogP contribution in [0.1, 0.15) is 10.6 Å². The number of rotatable bonds is 4. The number of nitrogens with zero attached hydrogens (tertiary/aromatic N) is 1. The Morgan fingerprint density at radius 1 is 1.17 bits per heavy atom. The summed E-state index contributed by atoms with van der Waals surface area (Å²) in [4.78, 5) is 6.28. The lowest BCUT2D eigenvalue weighted by molar-refractivity contribution is 0.601. The largest absolute Gasteiger partial charge is 0.280 e. The van der Waals surface area contributed by atoms with Crippen LogP contribution in [0.25, 0.3) is 9.88 Å². The summed E-state index contributed by atoms with van der Waals surface area (Å²) in [5.74, 6) is 0. The van der Waals surface area contributed by atoms with Gasteiger partial charge in [-0.1, -0.05) is 11.6 Å². The Kier molecular flexibility index (Phi) is 4.46. The van der Waals surface area contributed by atoms with Crippen LogP contribution in [0.3, 0.4) is 0 Å². The van der Waals surface area contributed by atoms with Gasteiger partial charge in [0.2, 0.25) is 0 Å². The number of aromatic nitrogens is 1. The van der Waals surface area contributed by atoms with Gasteiger partial charge in [-0.25, -0.2) is 13.4 Å². The lowest BCUT2D eigenvalue weighted by Crippen LogP contribution is -2.12. The molecule has 1 N–H and O–H groups in total. The molecule has 2 heterocycles. The second-order valence-corrected chi connectivity index (χ2v) is 9.14. The third-order valence-electron chi connectivity index (χ3n) is 3.09. The van der Waals surface area contributed by atoms with Crippen LogP contribution >= 0.6 is 34.3 Å². The number of thiazole rings is 1. The lowest BCUT2D eigenvalue weighted by atomic mass is 10.3. The molecule has 3 aromatic rings. The fourth-order valence-electron chi connectivity index (χ4n) is 2.03. The zero-order chi connectivity index (χ0) is 16.6. The summed E-state index contributed by atoms with van der Waals surface area (Å²) in [6, 6.07) is 8.23. The van der Waals surface area contributed by atoms with E-state index in [9.17, 15) is 8.42 Å². The van der Waals surface area contributed by atoms with Crippen LogP contribution < -0.4 is 4.72 Å². The van der Waals surface area contributed by atoms with Crippen molar-refractivity contribution in [3.05, 3.63) is 51.3 Å². The standard InChI is InChI=1S/C15H13ClN2O2S3/c1-9-8-21-15(17-9)13-7-14(10(2)22-13)23(19,20)18-12-5-3-11(16)4-6-12/h3-8,18H,1-2H3. The van der Waals surface area contributed by atoms with Crippen LogP contribution in [0.15, 0.2) is 40.6 Å². The first kappa shape index (κ1) is 16.4. The van der Waals surface area contributed by atoms with Gasteiger partial charge in [0.25, 0.3) is 10.0 Å². The molecule has 0 aliphatic rings. The highest BCUT2D eigenvalue weighted by Gasteiger charge is 2.21. The number of aryl methyl sites for hydroxylation is 2. The SMILES string of the molecule is Cc1csc(-c2cc(S(=O)(=O)Nc3ccc(Cl)cc3)c(C)s2)n1. The fraction of sp³-hybridized carbons (Fsp3) is 0.133. The highest BCUT2D eigenvalue weighted by molar-refractivity contribution is 7.93. The zero-order valence-electron chi connectivity index (χ0n) is 12.3.